The minimum atomic E-state index is -3.28. The lowest BCUT2D eigenvalue weighted by molar-refractivity contribution is 0.357. The third-order valence-corrected chi connectivity index (χ3v) is 7.03. The molecular formula is C21H25NO3S. The lowest BCUT2D eigenvalue weighted by Gasteiger charge is -2.22. The van der Waals surface area contributed by atoms with E-state index in [-0.39, 0.29) is 11.8 Å². The van der Waals surface area contributed by atoms with Crippen molar-refractivity contribution in [3.63, 3.8) is 0 Å². The molecule has 0 aromatic heterocycles. The van der Waals surface area contributed by atoms with E-state index in [0.717, 1.165) is 42.7 Å². The molecule has 1 heterocycles. The number of hydrogen-bond donors (Lipinski definition) is 0. The smallest absolute Gasteiger partial charge is 0.214 e. The van der Waals surface area contributed by atoms with E-state index in [4.69, 9.17) is 4.74 Å². The molecule has 0 amide bonds. The molecule has 4 rings (SSSR count). The van der Waals surface area contributed by atoms with Crippen LogP contribution in [0.4, 0.5) is 0 Å². The van der Waals surface area contributed by atoms with E-state index in [1.54, 1.807) is 4.31 Å². The molecular weight excluding hydrogens is 346 g/mol. The summed E-state index contributed by atoms with van der Waals surface area (Å²) in [7, 11) is -3.28. The number of fused-ring (bicyclic) bond motifs is 1. The maximum Gasteiger partial charge on any atom is 0.214 e. The first kappa shape index (κ1) is 17.6. The first-order valence-electron chi connectivity index (χ1n) is 9.31. The quantitative estimate of drug-likeness (QED) is 0.749. The average Bonchev–Trinajstić information content (AvgIpc) is 3.35. The largest absolute Gasteiger partial charge is 0.493 e. The van der Waals surface area contributed by atoms with Gasteiger partial charge in [-0.05, 0) is 48.9 Å². The lowest BCUT2D eigenvalue weighted by Crippen LogP contribution is -2.35. The SMILES string of the molecule is Cc1ccc(CN(C2CC2)S(=O)(=O)CCc2ccc3c(c2)CCO3)cc1. The van der Waals surface area contributed by atoms with E-state index in [0.29, 0.717) is 13.0 Å². The number of ether oxygens (including phenoxy) is 1. The van der Waals surface area contributed by atoms with Crippen LogP contribution in [-0.2, 0) is 29.4 Å². The van der Waals surface area contributed by atoms with Crippen LogP contribution >= 0.6 is 0 Å². The van der Waals surface area contributed by atoms with E-state index in [9.17, 15) is 8.42 Å². The molecule has 0 saturated heterocycles. The van der Waals surface area contributed by atoms with Crippen LogP contribution in [0.3, 0.4) is 0 Å². The zero-order chi connectivity index (χ0) is 18.1. The van der Waals surface area contributed by atoms with Gasteiger partial charge in [-0.3, -0.25) is 0 Å². The number of benzene rings is 2. The van der Waals surface area contributed by atoms with Gasteiger partial charge in [0, 0.05) is 19.0 Å². The molecule has 0 radical (unpaired) electrons. The molecule has 0 N–H and O–H groups in total. The molecule has 0 unspecified atom stereocenters. The summed E-state index contributed by atoms with van der Waals surface area (Å²) >= 11 is 0. The Balaban J connectivity index is 1.45. The first-order chi connectivity index (χ1) is 12.5. The minimum absolute atomic E-state index is 0.162. The molecule has 0 bridgehead atoms. The lowest BCUT2D eigenvalue weighted by atomic mass is 10.1. The standard InChI is InChI=1S/C21H25NO3S/c1-16-2-4-18(5-3-16)15-22(20-7-8-20)26(23,24)13-11-17-6-9-21-19(14-17)10-12-25-21/h2-6,9,14,20H,7-8,10-13,15H2,1H3. The summed E-state index contributed by atoms with van der Waals surface area (Å²) in [6.45, 7) is 3.25. The molecule has 2 aromatic rings. The molecule has 1 aliphatic heterocycles. The topological polar surface area (TPSA) is 46.6 Å². The van der Waals surface area contributed by atoms with Crippen molar-refractivity contribution in [2.75, 3.05) is 12.4 Å². The van der Waals surface area contributed by atoms with Gasteiger partial charge in [0.25, 0.3) is 0 Å². The van der Waals surface area contributed by atoms with Gasteiger partial charge in [0.15, 0.2) is 0 Å². The highest BCUT2D eigenvalue weighted by Gasteiger charge is 2.36. The van der Waals surface area contributed by atoms with Gasteiger partial charge in [0.05, 0.1) is 12.4 Å². The highest BCUT2D eigenvalue weighted by molar-refractivity contribution is 7.89. The second-order valence-electron chi connectivity index (χ2n) is 7.37. The number of hydrogen-bond acceptors (Lipinski definition) is 3. The van der Waals surface area contributed by atoms with Crippen molar-refractivity contribution in [1.82, 2.24) is 4.31 Å². The Morgan fingerprint density at radius 1 is 1.08 bits per heavy atom. The summed E-state index contributed by atoms with van der Waals surface area (Å²) in [5, 5.41) is 0. The Bertz CT molecular complexity index is 886. The predicted molar refractivity (Wildman–Crippen MR) is 103 cm³/mol. The number of rotatable bonds is 7. The third kappa shape index (κ3) is 3.94. The molecule has 5 heteroatoms. The van der Waals surface area contributed by atoms with Crippen molar-refractivity contribution in [3.8, 4) is 5.75 Å². The maximum absolute atomic E-state index is 13.0. The Labute approximate surface area is 155 Å². The molecule has 1 saturated carbocycles. The fourth-order valence-corrected chi connectivity index (χ4v) is 5.19. The molecule has 138 valence electrons. The van der Waals surface area contributed by atoms with Gasteiger partial charge < -0.3 is 4.74 Å². The number of aryl methyl sites for hydroxylation is 2. The molecule has 2 aliphatic rings. The van der Waals surface area contributed by atoms with Crippen LogP contribution in [0, 0.1) is 6.92 Å². The van der Waals surface area contributed by atoms with Crippen molar-refractivity contribution in [2.45, 2.75) is 45.2 Å². The molecule has 1 aliphatic carbocycles. The zero-order valence-electron chi connectivity index (χ0n) is 15.1. The van der Waals surface area contributed by atoms with Crippen LogP contribution in [-0.4, -0.2) is 31.1 Å². The van der Waals surface area contributed by atoms with Crippen LogP contribution in [0.1, 0.15) is 35.1 Å². The van der Waals surface area contributed by atoms with Gasteiger partial charge in [-0.25, -0.2) is 8.42 Å². The van der Waals surface area contributed by atoms with Gasteiger partial charge in [0.1, 0.15) is 5.75 Å². The number of nitrogens with zero attached hydrogens (tertiary/aromatic N) is 1. The second-order valence-corrected chi connectivity index (χ2v) is 9.41. The van der Waals surface area contributed by atoms with Crippen molar-refractivity contribution < 1.29 is 13.2 Å². The summed E-state index contributed by atoms with van der Waals surface area (Å²) in [6, 6.07) is 14.4. The van der Waals surface area contributed by atoms with Gasteiger partial charge in [-0.2, -0.15) is 4.31 Å². The predicted octanol–water partition coefficient (Wildman–Crippen LogP) is 3.47. The fourth-order valence-electron chi connectivity index (χ4n) is 3.45. The second kappa shape index (κ2) is 7.05. The molecule has 4 nitrogen and oxygen atoms in total. The molecule has 0 atom stereocenters. The monoisotopic (exact) mass is 371 g/mol. The molecule has 0 spiro atoms. The van der Waals surface area contributed by atoms with E-state index >= 15 is 0 Å². The van der Waals surface area contributed by atoms with Gasteiger partial charge in [-0.1, -0.05) is 42.0 Å². The highest BCUT2D eigenvalue weighted by atomic mass is 32.2. The zero-order valence-corrected chi connectivity index (χ0v) is 16.0. The van der Waals surface area contributed by atoms with Crippen molar-refractivity contribution in [1.29, 1.82) is 0 Å². The van der Waals surface area contributed by atoms with E-state index in [1.165, 1.54) is 11.1 Å². The van der Waals surface area contributed by atoms with Crippen LogP contribution in [0.15, 0.2) is 42.5 Å². The first-order valence-corrected chi connectivity index (χ1v) is 10.9. The van der Waals surface area contributed by atoms with Gasteiger partial charge >= 0.3 is 0 Å². The molecule has 1 fully saturated rings. The summed E-state index contributed by atoms with van der Waals surface area (Å²) in [5.41, 5.74) is 4.51. The number of sulfonamides is 1. The Kier molecular flexibility index (Phi) is 4.76. The normalized spacial score (nSPS) is 16.5. The minimum Gasteiger partial charge on any atom is -0.493 e. The Morgan fingerprint density at radius 2 is 1.81 bits per heavy atom. The van der Waals surface area contributed by atoms with Crippen molar-refractivity contribution in [2.24, 2.45) is 0 Å². The molecule has 2 aromatic carbocycles. The van der Waals surface area contributed by atoms with Crippen LogP contribution in [0.25, 0.3) is 0 Å². The van der Waals surface area contributed by atoms with Crippen LogP contribution in [0.5, 0.6) is 5.75 Å². The van der Waals surface area contributed by atoms with Crippen molar-refractivity contribution in [3.05, 3.63) is 64.7 Å². The van der Waals surface area contributed by atoms with Gasteiger partial charge in [-0.15, -0.1) is 0 Å². The van der Waals surface area contributed by atoms with E-state index in [1.807, 2.05) is 43.3 Å². The summed E-state index contributed by atoms with van der Waals surface area (Å²) in [6.07, 6.45) is 3.41. The third-order valence-electron chi connectivity index (χ3n) is 5.17. The van der Waals surface area contributed by atoms with Crippen LogP contribution < -0.4 is 4.74 Å². The Hall–Kier alpha value is -1.85. The maximum atomic E-state index is 13.0. The van der Waals surface area contributed by atoms with Crippen LogP contribution in [0.2, 0.25) is 0 Å². The van der Waals surface area contributed by atoms with E-state index in [2.05, 4.69) is 6.07 Å². The summed E-state index contributed by atoms with van der Waals surface area (Å²) in [4.78, 5) is 0. The van der Waals surface area contributed by atoms with Gasteiger partial charge in [0.2, 0.25) is 10.0 Å². The summed E-state index contributed by atoms with van der Waals surface area (Å²) in [5.74, 6) is 1.10. The molecule has 26 heavy (non-hydrogen) atoms. The average molecular weight is 372 g/mol. The Morgan fingerprint density at radius 3 is 2.54 bits per heavy atom. The highest BCUT2D eigenvalue weighted by Crippen LogP contribution is 2.32. The fraction of sp³-hybridized carbons (Fsp3) is 0.429. The summed E-state index contributed by atoms with van der Waals surface area (Å²) < 4.78 is 33.2. The van der Waals surface area contributed by atoms with E-state index < -0.39 is 10.0 Å². The van der Waals surface area contributed by atoms with Crippen molar-refractivity contribution >= 4 is 10.0 Å².